The maximum atomic E-state index is 10.4. The molecule has 6 nitrogen and oxygen atoms in total. The number of hydrogen-bond acceptors (Lipinski definition) is 5. The van der Waals surface area contributed by atoms with Crippen molar-refractivity contribution in [1.82, 2.24) is 9.97 Å². The first kappa shape index (κ1) is 12.9. The number of halogens is 1. The lowest BCUT2D eigenvalue weighted by atomic mass is 10.5. The van der Waals surface area contributed by atoms with Crippen LogP contribution in [-0.4, -0.2) is 35.6 Å². The van der Waals surface area contributed by atoms with Crippen molar-refractivity contribution >= 4 is 27.7 Å². The van der Waals surface area contributed by atoms with Crippen molar-refractivity contribution in [2.45, 2.75) is 6.92 Å². The minimum Gasteiger partial charge on any atom is -0.370 e. The Hall–Kier alpha value is -1.21. The minimum absolute atomic E-state index is 0.0613. The maximum Gasteiger partial charge on any atom is 0.243 e. The highest BCUT2D eigenvalue weighted by Gasteiger charge is 1.99. The molecule has 1 heterocycles. The largest absolute Gasteiger partial charge is 0.370 e. The van der Waals surface area contributed by atoms with Crippen LogP contribution in [0.4, 0.5) is 5.82 Å². The zero-order valence-electron chi connectivity index (χ0n) is 8.86. The van der Waals surface area contributed by atoms with E-state index < -0.39 is 5.91 Å². The van der Waals surface area contributed by atoms with Crippen LogP contribution < -0.4 is 11.1 Å². The molecule has 16 heavy (non-hydrogen) atoms. The number of nitrogens with zero attached hydrogens (tertiary/aromatic N) is 2. The second-order valence-electron chi connectivity index (χ2n) is 3.07. The molecule has 0 aromatic carbocycles. The molecule has 88 valence electrons. The molecule has 0 spiro atoms. The fourth-order valence-corrected chi connectivity index (χ4v) is 1.52. The molecule has 0 atom stereocenters. The molecule has 3 N–H and O–H groups in total. The van der Waals surface area contributed by atoms with Crippen LogP contribution >= 0.6 is 15.9 Å². The van der Waals surface area contributed by atoms with E-state index in [0.717, 1.165) is 4.60 Å². The standard InChI is InChI=1S/C9H13BrN4O2/c1-6-13-7(10)4-9(14-6)12-2-3-16-5-8(11)15/h4H,2-3,5H2,1H3,(H2,11,15)(H,12,13,14). The molecule has 0 saturated carbocycles. The van der Waals surface area contributed by atoms with Gasteiger partial charge in [0.25, 0.3) is 0 Å². The van der Waals surface area contributed by atoms with Crippen LogP contribution in [0.1, 0.15) is 5.82 Å². The van der Waals surface area contributed by atoms with Crippen LogP contribution in [0.2, 0.25) is 0 Å². The van der Waals surface area contributed by atoms with Crippen LogP contribution in [0.5, 0.6) is 0 Å². The number of anilines is 1. The van der Waals surface area contributed by atoms with E-state index in [1.165, 1.54) is 0 Å². The van der Waals surface area contributed by atoms with Gasteiger partial charge in [-0.1, -0.05) is 0 Å². The van der Waals surface area contributed by atoms with E-state index >= 15 is 0 Å². The summed E-state index contributed by atoms with van der Waals surface area (Å²) in [6.07, 6.45) is 0. The highest BCUT2D eigenvalue weighted by Crippen LogP contribution is 2.11. The molecule has 1 aromatic rings. The topological polar surface area (TPSA) is 90.1 Å². The van der Waals surface area contributed by atoms with Gasteiger partial charge in [-0.3, -0.25) is 4.79 Å². The van der Waals surface area contributed by atoms with Gasteiger partial charge in [0.15, 0.2) is 0 Å². The van der Waals surface area contributed by atoms with E-state index in [9.17, 15) is 4.79 Å². The lowest BCUT2D eigenvalue weighted by molar-refractivity contribution is -0.122. The predicted molar refractivity (Wildman–Crippen MR) is 63.0 cm³/mol. The number of aryl methyl sites for hydroxylation is 1. The van der Waals surface area contributed by atoms with Crippen LogP contribution in [0.3, 0.4) is 0 Å². The average molecular weight is 289 g/mol. The number of carbonyl (C=O) groups is 1. The molecule has 0 saturated heterocycles. The minimum atomic E-state index is -0.472. The normalized spacial score (nSPS) is 10.1. The summed E-state index contributed by atoms with van der Waals surface area (Å²) in [6, 6.07) is 1.76. The number of hydrogen-bond donors (Lipinski definition) is 2. The highest BCUT2D eigenvalue weighted by atomic mass is 79.9. The molecule has 0 aliphatic heterocycles. The summed E-state index contributed by atoms with van der Waals surface area (Å²) in [5.41, 5.74) is 4.91. The first-order chi connectivity index (χ1) is 7.58. The van der Waals surface area contributed by atoms with E-state index in [1.807, 2.05) is 0 Å². The monoisotopic (exact) mass is 288 g/mol. The number of nitrogens with two attached hydrogens (primary N) is 1. The summed E-state index contributed by atoms with van der Waals surface area (Å²) in [7, 11) is 0. The lowest BCUT2D eigenvalue weighted by Crippen LogP contribution is -2.20. The third-order valence-electron chi connectivity index (χ3n) is 1.60. The quantitative estimate of drug-likeness (QED) is 0.586. The summed E-state index contributed by atoms with van der Waals surface area (Å²) in [4.78, 5) is 18.6. The van der Waals surface area contributed by atoms with Gasteiger partial charge in [0.05, 0.1) is 6.61 Å². The second-order valence-corrected chi connectivity index (χ2v) is 3.88. The van der Waals surface area contributed by atoms with Gasteiger partial charge >= 0.3 is 0 Å². The van der Waals surface area contributed by atoms with Crippen molar-refractivity contribution in [1.29, 1.82) is 0 Å². The summed E-state index contributed by atoms with van der Waals surface area (Å²) in [6.45, 7) is 2.69. The van der Waals surface area contributed by atoms with Crippen LogP contribution in [-0.2, 0) is 9.53 Å². The van der Waals surface area contributed by atoms with Crippen molar-refractivity contribution in [2.75, 3.05) is 25.1 Å². The SMILES string of the molecule is Cc1nc(Br)cc(NCCOCC(N)=O)n1. The van der Waals surface area contributed by atoms with Crippen LogP contribution in [0.25, 0.3) is 0 Å². The highest BCUT2D eigenvalue weighted by molar-refractivity contribution is 9.10. The number of amides is 1. The molecule has 0 aliphatic rings. The summed E-state index contributed by atoms with van der Waals surface area (Å²) >= 11 is 3.27. The van der Waals surface area contributed by atoms with Gasteiger partial charge in [-0.05, 0) is 22.9 Å². The fraction of sp³-hybridized carbons (Fsp3) is 0.444. The van der Waals surface area contributed by atoms with Crippen molar-refractivity contribution in [2.24, 2.45) is 5.73 Å². The van der Waals surface area contributed by atoms with Crippen LogP contribution in [0, 0.1) is 6.92 Å². The summed E-state index contributed by atoms with van der Waals surface area (Å²) in [5.74, 6) is 0.914. The summed E-state index contributed by atoms with van der Waals surface area (Å²) < 4.78 is 5.71. The predicted octanol–water partition coefficient (Wildman–Crippen LogP) is 0.461. The van der Waals surface area contributed by atoms with Gasteiger partial charge in [0.2, 0.25) is 5.91 Å². The first-order valence-electron chi connectivity index (χ1n) is 4.69. The Kier molecular flexibility index (Phi) is 5.13. The van der Waals surface area contributed by atoms with Crippen LogP contribution in [0.15, 0.2) is 10.7 Å². The van der Waals surface area contributed by atoms with E-state index in [0.29, 0.717) is 24.8 Å². The van der Waals surface area contributed by atoms with Gasteiger partial charge in [0.1, 0.15) is 22.9 Å². The molecule has 0 bridgehead atoms. The molecule has 1 rings (SSSR count). The lowest BCUT2D eigenvalue weighted by Gasteiger charge is -2.06. The third-order valence-corrected chi connectivity index (χ3v) is 2.01. The van der Waals surface area contributed by atoms with Gasteiger partial charge in [-0.15, -0.1) is 0 Å². The summed E-state index contributed by atoms with van der Waals surface area (Å²) in [5, 5.41) is 3.04. The Balaban J connectivity index is 2.29. The number of nitrogens with one attached hydrogen (secondary N) is 1. The van der Waals surface area contributed by atoms with E-state index in [4.69, 9.17) is 10.5 Å². The van der Waals surface area contributed by atoms with Crippen molar-refractivity contribution in [3.8, 4) is 0 Å². The first-order valence-corrected chi connectivity index (χ1v) is 5.48. The zero-order valence-corrected chi connectivity index (χ0v) is 10.5. The Morgan fingerprint density at radius 2 is 2.38 bits per heavy atom. The molecule has 7 heteroatoms. The van der Waals surface area contributed by atoms with Crippen molar-refractivity contribution in [3.05, 3.63) is 16.5 Å². The zero-order chi connectivity index (χ0) is 12.0. The molecule has 1 amide bonds. The number of rotatable bonds is 6. The average Bonchev–Trinajstić information content (AvgIpc) is 2.15. The molecule has 0 aliphatic carbocycles. The molecular formula is C9H13BrN4O2. The van der Waals surface area contributed by atoms with Gasteiger partial charge in [0, 0.05) is 12.6 Å². The van der Waals surface area contributed by atoms with E-state index in [2.05, 4.69) is 31.2 Å². The number of primary amides is 1. The molecular weight excluding hydrogens is 276 g/mol. The Bertz CT molecular complexity index is 352. The number of ether oxygens (including phenoxy) is 1. The van der Waals surface area contributed by atoms with E-state index in [-0.39, 0.29) is 6.61 Å². The van der Waals surface area contributed by atoms with E-state index in [1.54, 1.807) is 13.0 Å². The molecule has 0 unspecified atom stereocenters. The third kappa shape index (κ3) is 5.04. The van der Waals surface area contributed by atoms with Gasteiger partial charge in [-0.25, -0.2) is 9.97 Å². The smallest absolute Gasteiger partial charge is 0.243 e. The maximum absolute atomic E-state index is 10.4. The Morgan fingerprint density at radius 1 is 1.62 bits per heavy atom. The number of aromatic nitrogens is 2. The van der Waals surface area contributed by atoms with Gasteiger partial charge < -0.3 is 15.8 Å². The Labute approximate surface area is 102 Å². The second kappa shape index (κ2) is 6.39. The molecule has 0 fully saturated rings. The number of carbonyl (C=O) groups excluding carboxylic acids is 1. The molecule has 1 aromatic heterocycles. The molecule has 0 radical (unpaired) electrons. The Morgan fingerprint density at radius 3 is 3.00 bits per heavy atom. The fourth-order valence-electron chi connectivity index (χ4n) is 1.05. The van der Waals surface area contributed by atoms with Crippen molar-refractivity contribution < 1.29 is 9.53 Å². The van der Waals surface area contributed by atoms with Gasteiger partial charge in [-0.2, -0.15) is 0 Å². The van der Waals surface area contributed by atoms with Crippen molar-refractivity contribution in [3.63, 3.8) is 0 Å².